The predicted octanol–water partition coefficient (Wildman–Crippen LogP) is 0.726. The van der Waals surface area contributed by atoms with E-state index in [1.54, 1.807) is 6.92 Å². The number of esters is 1. The van der Waals surface area contributed by atoms with Crippen LogP contribution in [0.3, 0.4) is 0 Å². The molecule has 78 valence electrons. The van der Waals surface area contributed by atoms with Gasteiger partial charge in [-0.25, -0.2) is 4.79 Å². The fourth-order valence-electron chi connectivity index (χ4n) is 1.63. The highest BCUT2D eigenvalue weighted by molar-refractivity contribution is 5.91. The van der Waals surface area contributed by atoms with Gasteiger partial charge in [-0.05, 0) is 25.8 Å². The van der Waals surface area contributed by atoms with E-state index < -0.39 is 6.04 Å². The highest BCUT2D eigenvalue weighted by Crippen LogP contribution is 2.18. The van der Waals surface area contributed by atoms with Crippen molar-refractivity contribution in [1.29, 1.82) is 0 Å². The van der Waals surface area contributed by atoms with Crippen LogP contribution in [0.15, 0.2) is 12.7 Å². The summed E-state index contributed by atoms with van der Waals surface area (Å²) in [7, 11) is 0. The number of carbonyl (C=O) groups excluding carboxylic acids is 2. The molecule has 4 nitrogen and oxygen atoms in total. The Bertz CT molecular complexity index is 250. The summed E-state index contributed by atoms with van der Waals surface area (Å²) in [6, 6.07) is -0.402. The molecule has 0 aromatic carbocycles. The Kier molecular flexibility index (Phi) is 3.68. The van der Waals surface area contributed by atoms with Crippen LogP contribution in [0, 0.1) is 0 Å². The van der Waals surface area contributed by atoms with Crippen molar-refractivity contribution in [3.63, 3.8) is 0 Å². The van der Waals surface area contributed by atoms with Crippen LogP contribution in [0.5, 0.6) is 0 Å². The first-order valence-corrected chi connectivity index (χ1v) is 4.80. The molecule has 0 saturated carbocycles. The number of nitrogens with zero attached hydrogens (tertiary/aromatic N) is 1. The van der Waals surface area contributed by atoms with Crippen LogP contribution in [0.1, 0.15) is 19.8 Å². The highest BCUT2D eigenvalue weighted by atomic mass is 16.5. The number of hydrogen-bond donors (Lipinski definition) is 0. The minimum atomic E-state index is -0.402. The molecule has 0 bridgehead atoms. The van der Waals surface area contributed by atoms with Gasteiger partial charge >= 0.3 is 5.97 Å². The molecule has 1 aliphatic rings. The number of carbonyl (C=O) groups is 2. The maximum Gasteiger partial charge on any atom is 0.328 e. The molecule has 1 atom stereocenters. The summed E-state index contributed by atoms with van der Waals surface area (Å²) in [4.78, 5) is 24.3. The van der Waals surface area contributed by atoms with E-state index in [4.69, 9.17) is 4.74 Å². The van der Waals surface area contributed by atoms with Crippen molar-refractivity contribution in [3.05, 3.63) is 12.7 Å². The Morgan fingerprint density at radius 1 is 1.64 bits per heavy atom. The maximum atomic E-state index is 11.4. The van der Waals surface area contributed by atoms with E-state index in [9.17, 15) is 9.59 Å². The van der Waals surface area contributed by atoms with E-state index in [2.05, 4.69) is 6.58 Å². The SMILES string of the molecule is C=CC(=O)N1CCC[C@H]1C(=O)OCC. The second-order valence-electron chi connectivity index (χ2n) is 3.15. The largest absolute Gasteiger partial charge is 0.464 e. The van der Waals surface area contributed by atoms with Crippen molar-refractivity contribution in [3.8, 4) is 0 Å². The lowest BCUT2D eigenvalue weighted by molar-refractivity contribution is -0.151. The van der Waals surface area contributed by atoms with Gasteiger partial charge in [0.1, 0.15) is 6.04 Å². The fraction of sp³-hybridized carbons (Fsp3) is 0.600. The molecule has 0 N–H and O–H groups in total. The summed E-state index contributed by atoms with van der Waals surface area (Å²) >= 11 is 0. The number of hydrogen-bond acceptors (Lipinski definition) is 3. The van der Waals surface area contributed by atoms with E-state index in [1.807, 2.05) is 0 Å². The molecule has 0 radical (unpaired) electrons. The lowest BCUT2D eigenvalue weighted by Gasteiger charge is -2.21. The normalized spacial score (nSPS) is 20.6. The molecule has 0 spiro atoms. The van der Waals surface area contributed by atoms with E-state index in [1.165, 1.54) is 11.0 Å². The van der Waals surface area contributed by atoms with Gasteiger partial charge in [-0.2, -0.15) is 0 Å². The number of ether oxygens (including phenoxy) is 1. The molecule has 4 heteroatoms. The summed E-state index contributed by atoms with van der Waals surface area (Å²) in [6.07, 6.45) is 2.78. The van der Waals surface area contributed by atoms with Gasteiger partial charge in [0.05, 0.1) is 6.61 Å². The molecule has 14 heavy (non-hydrogen) atoms. The summed E-state index contributed by atoms with van der Waals surface area (Å²) in [6.45, 7) is 6.13. The predicted molar refractivity (Wildman–Crippen MR) is 51.6 cm³/mol. The van der Waals surface area contributed by atoms with Crippen LogP contribution >= 0.6 is 0 Å². The smallest absolute Gasteiger partial charge is 0.328 e. The lowest BCUT2D eigenvalue weighted by atomic mass is 10.2. The summed E-state index contributed by atoms with van der Waals surface area (Å²) < 4.78 is 4.88. The number of likely N-dealkylation sites (tertiary alicyclic amines) is 1. The third-order valence-corrected chi connectivity index (χ3v) is 2.27. The van der Waals surface area contributed by atoms with Crippen molar-refractivity contribution >= 4 is 11.9 Å². The van der Waals surface area contributed by atoms with Crippen molar-refractivity contribution < 1.29 is 14.3 Å². The molecule has 1 amide bonds. The first kappa shape index (κ1) is 10.8. The molecule has 1 saturated heterocycles. The second kappa shape index (κ2) is 4.79. The summed E-state index contributed by atoms with van der Waals surface area (Å²) in [5.74, 6) is -0.499. The van der Waals surface area contributed by atoms with E-state index >= 15 is 0 Å². The van der Waals surface area contributed by atoms with Gasteiger partial charge in [0.15, 0.2) is 0 Å². The van der Waals surface area contributed by atoms with Crippen LogP contribution in [0.2, 0.25) is 0 Å². The third kappa shape index (κ3) is 2.13. The Labute approximate surface area is 83.5 Å². The van der Waals surface area contributed by atoms with Gasteiger partial charge in [-0.3, -0.25) is 4.79 Å². The van der Waals surface area contributed by atoms with Gasteiger partial charge < -0.3 is 9.64 Å². The van der Waals surface area contributed by atoms with Crippen LogP contribution < -0.4 is 0 Å². The molecule has 1 fully saturated rings. The average molecular weight is 197 g/mol. The van der Waals surface area contributed by atoms with Crippen LogP contribution in [0.4, 0.5) is 0 Å². The minimum absolute atomic E-state index is 0.194. The zero-order chi connectivity index (χ0) is 10.6. The Hall–Kier alpha value is -1.32. The zero-order valence-electron chi connectivity index (χ0n) is 8.36. The molecular weight excluding hydrogens is 182 g/mol. The first-order valence-electron chi connectivity index (χ1n) is 4.80. The van der Waals surface area contributed by atoms with Gasteiger partial charge in [-0.1, -0.05) is 6.58 Å². The van der Waals surface area contributed by atoms with Gasteiger partial charge in [0.25, 0.3) is 0 Å². The molecule has 0 unspecified atom stereocenters. The van der Waals surface area contributed by atoms with E-state index in [0.29, 0.717) is 19.6 Å². The third-order valence-electron chi connectivity index (χ3n) is 2.27. The van der Waals surface area contributed by atoms with Gasteiger partial charge in [0.2, 0.25) is 5.91 Å². The monoisotopic (exact) mass is 197 g/mol. The zero-order valence-corrected chi connectivity index (χ0v) is 8.36. The average Bonchev–Trinajstić information content (AvgIpc) is 2.65. The molecule has 1 aliphatic heterocycles. The van der Waals surface area contributed by atoms with E-state index in [-0.39, 0.29) is 11.9 Å². The summed E-state index contributed by atoms with van der Waals surface area (Å²) in [5, 5.41) is 0. The van der Waals surface area contributed by atoms with Gasteiger partial charge in [-0.15, -0.1) is 0 Å². The van der Waals surface area contributed by atoms with Crippen molar-refractivity contribution in [2.45, 2.75) is 25.8 Å². The van der Waals surface area contributed by atoms with Crippen molar-refractivity contribution in [1.82, 2.24) is 4.90 Å². The molecule has 0 aromatic heterocycles. The van der Waals surface area contributed by atoms with Crippen LogP contribution in [0.25, 0.3) is 0 Å². The standard InChI is InChI=1S/C10H15NO3/c1-3-9(12)11-7-5-6-8(11)10(13)14-4-2/h3,8H,1,4-7H2,2H3/t8-/m0/s1. The molecule has 1 rings (SSSR count). The van der Waals surface area contributed by atoms with Crippen molar-refractivity contribution in [2.24, 2.45) is 0 Å². The Morgan fingerprint density at radius 3 is 2.93 bits per heavy atom. The topological polar surface area (TPSA) is 46.6 Å². The number of rotatable bonds is 3. The first-order chi connectivity index (χ1) is 6.70. The van der Waals surface area contributed by atoms with Crippen LogP contribution in [-0.2, 0) is 14.3 Å². The summed E-state index contributed by atoms with van der Waals surface area (Å²) in [5.41, 5.74) is 0. The van der Waals surface area contributed by atoms with E-state index in [0.717, 1.165) is 6.42 Å². The van der Waals surface area contributed by atoms with Gasteiger partial charge in [0, 0.05) is 6.54 Å². The molecular formula is C10H15NO3. The fourth-order valence-corrected chi connectivity index (χ4v) is 1.63. The molecule has 0 aliphatic carbocycles. The molecule has 0 aromatic rings. The second-order valence-corrected chi connectivity index (χ2v) is 3.15. The lowest BCUT2D eigenvalue weighted by Crippen LogP contribution is -2.40. The quantitative estimate of drug-likeness (QED) is 0.495. The van der Waals surface area contributed by atoms with Crippen LogP contribution in [-0.4, -0.2) is 36.0 Å². The Balaban J connectivity index is 2.63. The number of amides is 1. The minimum Gasteiger partial charge on any atom is -0.464 e. The van der Waals surface area contributed by atoms with Crippen molar-refractivity contribution in [2.75, 3.05) is 13.2 Å². The highest BCUT2D eigenvalue weighted by Gasteiger charge is 2.33. The maximum absolute atomic E-state index is 11.4. The molecule has 1 heterocycles. The Morgan fingerprint density at radius 2 is 2.36 bits per heavy atom.